The Morgan fingerprint density at radius 3 is 2.64 bits per heavy atom. The molecule has 3 N–H and O–H groups in total. The van der Waals surface area contributed by atoms with Gasteiger partial charge in [0, 0.05) is 22.3 Å². The highest BCUT2D eigenvalue weighted by atomic mass is 35.5. The van der Waals surface area contributed by atoms with E-state index in [0.717, 1.165) is 6.07 Å². The monoisotopic (exact) mass is 415 g/mol. The number of benzene rings is 1. The van der Waals surface area contributed by atoms with Crippen molar-refractivity contribution in [3.8, 4) is 0 Å². The second-order valence-corrected chi connectivity index (χ2v) is 6.46. The summed E-state index contributed by atoms with van der Waals surface area (Å²) in [6.45, 7) is -1.06. The Morgan fingerprint density at radius 1 is 1.21 bits per heavy atom. The molecular formula is C17H13ClF3N3O4. The van der Waals surface area contributed by atoms with Gasteiger partial charge in [0.05, 0.1) is 18.7 Å². The van der Waals surface area contributed by atoms with Gasteiger partial charge in [-0.3, -0.25) is 14.9 Å². The molecule has 0 radical (unpaired) electrons. The van der Waals surface area contributed by atoms with Crippen LogP contribution in [0.25, 0.3) is 0 Å². The first kappa shape index (κ1) is 19.7. The maximum atomic E-state index is 14.0. The van der Waals surface area contributed by atoms with Gasteiger partial charge in [0.25, 0.3) is 5.60 Å². The normalized spacial score (nSPS) is 18.6. The maximum absolute atomic E-state index is 14.0. The quantitative estimate of drug-likeness (QED) is 0.714. The topological polar surface area (TPSA) is 100 Å². The van der Waals surface area contributed by atoms with Gasteiger partial charge in [-0.25, -0.2) is 4.79 Å². The van der Waals surface area contributed by atoms with Gasteiger partial charge in [-0.1, -0.05) is 17.7 Å². The fourth-order valence-corrected chi connectivity index (χ4v) is 2.98. The van der Waals surface area contributed by atoms with E-state index in [1.807, 2.05) is 0 Å². The van der Waals surface area contributed by atoms with Crippen molar-refractivity contribution in [2.75, 3.05) is 11.9 Å². The minimum Gasteiger partial charge on any atom is -0.426 e. The van der Waals surface area contributed by atoms with Crippen molar-refractivity contribution in [1.82, 2.24) is 10.3 Å². The number of nitrogens with one attached hydrogen (secondary N) is 3. The minimum absolute atomic E-state index is 0.000288. The molecule has 2 amide bonds. The van der Waals surface area contributed by atoms with Crippen LogP contribution in [0.4, 0.5) is 23.7 Å². The van der Waals surface area contributed by atoms with Crippen LogP contribution in [-0.4, -0.2) is 29.7 Å². The summed E-state index contributed by atoms with van der Waals surface area (Å²) < 4.78 is 46.5. The maximum Gasteiger partial charge on any atom is 0.434 e. The zero-order chi connectivity index (χ0) is 20.5. The van der Waals surface area contributed by atoms with Gasteiger partial charge in [-0.2, -0.15) is 13.2 Å². The van der Waals surface area contributed by atoms with Crippen molar-refractivity contribution < 1.29 is 27.5 Å². The number of aromatic nitrogens is 1. The number of carbonyl (C=O) groups is 2. The lowest BCUT2D eigenvalue weighted by Gasteiger charge is -2.39. The van der Waals surface area contributed by atoms with Gasteiger partial charge >= 0.3 is 12.3 Å². The summed E-state index contributed by atoms with van der Waals surface area (Å²) in [5, 5.41) is 4.30. The summed E-state index contributed by atoms with van der Waals surface area (Å²) in [7, 11) is 0. The lowest BCUT2D eigenvalue weighted by atomic mass is 9.89. The van der Waals surface area contributed by atoms with Crippen LogP contribution in [0.2, 0.25) is 5.02 Å². The van der Waals surface area contributed by atoms with Gasteiger partial charge in [0.15, 0.2) is 0 Å². The first-order valence-corrected chi connectivity index (χ1v) is 8.30. The number of hydrogen-bond donors (Lipinski definition) is 3. The van der Waals surface area contributed by atoms with Crippen molar-refractivity contribution in [2.24, 2.45) is 0 Å². The van der Waals surface area contributed by atoms with E-state index in [2.05, 4.69) is 20.4 Å². The summed E-state index contributed by atoms with van der Waals surface area (Å²) in [6, 6.07) is 7.64. The molecule has 1 unspecified atom stereocenters. The number of pyridine rings is 1. The van der Waals surface area contributed by atoms with E-state index in [0.29, 0.717) is 0 Å². The first-order valence-electron chi connectivity index (χ1n) is 7.92. The number of hydrogen-bond acceptors (Lipinski definition) is 4. The molecule has 1 aromatic heterocycles. The molecule has 0 aliphatic carbocycles. The van der Waals surface area contributed by atoms with E-state index in [-0.39, 0.29) is 22.8 Å². The average Bonchev–Trinajstić information content (AvgIpc) is 2.59. The van der Waals surface area contributed by atoms with Crippen LogP contribution in [0.5, 0.6) is 0 Å². The lowest BCUT2D eigenvalue weighted by Crippen LogP contribution is -2.56. The van der Waals surface area contributed by atoms with Gasteiger partial charge in [-0.05, 0) is 24.3 Å². The molecule has 1 atom stereocenters. The first-order chi connectivity index (χ1) is 13.1. The lowest BCUT2D eigenvalue weighted by molar-refractivity contribution is -0.262. The zero-order valence-corrected chi connectivity index (χ0v) is 14.8. The summed E-state index contributed by atoms with van der Waals surface area (Å²) in [6.07, 6.45) is -6.72. The number of H-pyrrole nitrogens is 1. The van der Waals surface area contributed by atoms with Crippen molar-refractivity contribution in [3.63, 3.8) is 0 Å². The van der Waals surface area contributed by atoms with Crippen LogP contribution < -0.4 is 16.2 Å². The number of rotatable bonds is 4. The van der Waals surface area contributed by atoms with Gasteiger partial charge in [0.2, 0.25) is 11.5 Å². The summed E-state index contributed by atoms with van der Waals surface area (Å²) in [5.74, 6) is -0.802. The molecule has 1 aliphatic heterocycles. The fraction of sp³-hybridized carbons (Fsp3) is 0.235. The Bertz CT molecular complexity index is 992. The second kappa shape index (κ2) is 7.19. The standard InChI is InChI=1S/C17H13ClF3N3O4/c18-9-4-5-12-11(6-9)16(17(19,20)21,28-15(27)24-12)8-22-14(26)7-10-2-1-3-13(25)23-10/h1-6H,7-8H2,(H,22,26)(H,23,25)(H,24,27). The smallest absolute Gasteiger partial charge is 0.426 e. The number of cyclic esters (lactones) is 1. The van der Waals surface area contributed by atoms with E-state index < -0.39 is 41.4 Å². The Kier molecular flexibility index (Phi) is 5.07. The predicted molar refractivity (Wildman–Crippen MR) is 93.1 cm³/mol. The molecule has 2 heterocycles. The van der Waals surface area contributed by atoms with Crippen molar-refractivity contribution in [2.45, 2.75) is 18.2 Å². The predicted octanol–water partition coefficient (Wildman–Crippen LogP) is 2.71. The Morgan fingerprint density at radius 2 is 1.96 bits per heavy atom. The molecule has 7 nitrogen and oxygen atoms in total. The molecule has 11 heteroatoms. The molecule has 0 saturated heterocycles. The molecule has 2 aromatic rings. The zero-order valence-electron chi connectivity index (χ0n) is 14.0. The van der Waals surface area contributed by atoms with Crippen LogP contribution >= 0.6 is 11.6 Å². The van der Waals surface area contributed by atoms with E-state index >= 15 is 0 Å². The number of anilines is 1. The van der Waals surface area contributed by atoms with Crippen LogP contribution in [0.3, 0.4) is 0 Å². The highest BCUT2D eigenvalue weighted by Crippen LogP contribution is 2.47. The van der Waals surface area contributed by atoms with Crippen molar-refractivity contribution >= 4 is 29.3 Å². The van der Waals surface area contributed by atoms with E-state index in [1.54, 1.807) is 0 Å². The molecule has 0 fully saturated rings. The summed E-state index contributed by atoms with van der Waals surface area (Å²) in [4.78, 5) is 37.5. The number of aromatic amines is 1. The Hall–Kier alpha value is -3.01. The number of carbonyl (C=O) groups excluding carboxylic acids is 2. The largest absolute Gasteiger partial charge is 0.434 e. The van der Waals surface area contributed by atoms with Crippen LogP contribution in [0.1, 0.15) is 11.3 Å². The Labute approximate surface area is 160 Å². The summed E-state index contributed by atoms with van der Waals surface area (Å²) in [5.41, 5.74) is -3.90. The highest BCUT2D eigenvalue weighted by molar-refractivity contribution is 6.30. The fourth-order valence-electron chi connectivity index (χ4n) is 2.81. The molecule has 0 saturated carbocycles. The number of amides is 2. The van der Waals surface area contributed by atoms with Crippen LogP contribution in [-0.2, 0) is 21.6 Å². The molecule has 148 valence electrons. The second-order valence-electron chi connectivity index (χ2n) is 6.02. The number of halogens is 4. The van der Waals surface area contributed by atoms with Gasteiger partial charge in [-0.15, -0.1) is 0 Å². The number of fused-ring (bicyclic) bond motifs is 1. The molecule has 0 spiro atoms. The third-order valence-electron chi connectivity index (χ3n) is 4.09. The summed E-state index contributed by atoms with van der Waals surface area (Å²) >= 11 is 5.82. The van der Waals surface area contributed by atoms with Crippen molar-refractivity contribution in [3.05, 3.63) is 63.0 Å². The molecule has 3 rings (SSSR count). The van der Waals surface area contributed by atoms with E-state index in [9.17, 15) is 27.6 Å². The third-order valence-corrected chi connectivity index (χ3v) is 4.33. The minimum atomic E-state index is -5.04. The Balaban J connectivity index is 1.89. The molecule has 28 heavy (non-hydrogen) atoms. The molecule has 0 bridgehead atoms. The number of alkyl halides is 3. The SMILES string of the molecule is O=C(Cc1cccc(=O)[nH]1)NCC1(C(F)(F)F)OC(=O)Nc2ccc(Cl)cc21. The van der Waals surface area contributed by atoms with E-state index in [1.165, 1.54) is 30.3 Å². The average molecular weight is 416 g/mol. The third kappa shape index (κ3) is 3.81. The molecule has 1 aromatic carbocycles. The van der Waals surface area contributed by atoms with Crippen molar-refractivity contribution in [1.29, 1.82) is 0 Å². The highest BCUT2D eigenvalue weighted by Gasteiger charge is 2.62. The molecular weight excluding hydrogens is 403 g/mol. The van der Waals surface area contributed by atoms with E-state index in [4.69, 9.17) is 11.6 Å². The van der Waals surface area contributed by atoms with Gasteiger partial charge < -0.3 is 15.0 Å². The van der Waals surface area contributed by atoms with Crippen LogP contribution in [0.15, 0.2) is 41.2 Å². The number of ether oxygens (including phenoxy) is 1. The molecule has 1 aliphatic rings. The van der Waals surface area contributed by atoms with Gasteiger partial charge in [0.1, 0.15) is 0 Å². The van der Waals surface area contributed by atoms with Crippen LogP contribution in [0, 0.1) is 0 Å².